The van der Waals surface area contributed by atoms with Gasteiger partial charge in [-0.05, 0) is 23.8 Å². The second kappa shape index (κ2) is 7.73. The predicted octanol–water partition coefficient (Wildman–Crippen LogP) is 2.38. The molecule has 12 heteroatoms. The summed E-state index contributed by atoms with van der Waals surface area (Å²) in [5.74, 6) is -3.70. The molecule has 33 heavy (non-hydrogen) atoms. The Morgan fingerprint density at radius 3 is 2.42 bits per heavy atom. The van der Waals surface area contributed by atoms with Crippen molar-refractivity contribution in [3.05, 3.63) is 63.4 Å². The van der Waals surface area contributed by atoms with Crippen molar-refractivity contribution in [2.75, 3.05) is 6.54 Å². The van der Waals surface area contributed by atoms with Gasteiger partial charge in [0.1, 0.15) is 35.5 Å². The number of phenolic OH excluding ortho intramolecular Hbond substituents is 1. The molecule has 0 saturated carbocycles. The molecule has 0 radical (unpaired) electrons. The van der Waals surface area contributed by atoms with Crippen LogP contribution >= 0.6 is 0 Å². The first kappa shape index (κ1) is 22.0. The van der Waals surface area contributed by atoms with Crippen LogP contribution in [0.4, 0.5) is 13.2 Å². The number of carbonyl (C=O) groups is 2. The minimum atomic E-state index is -4.54. The second-order valence-electron chi connectivity index (χ2n) is 7.28. The molecule has 4 rings (SSSR count). The molecule has 2 heterocycles. The van der Waals surface area contributed by atoms with Crippen molar-refractivity contribution in [2.24, 2.45) is 0 Å². The van der Waals surface area contributed by atoms with E-state index in [-0.39, 0.29) is 28.9 Å². The summed E-state index contributed by atoms with van der Waals surface area (Å²) >= 11 is 0. The quantitative estimate of drug-likeness (QED) is 0.465. The van der Waals surface area contributed by atoms with Crippen LogP contribution in [0.5, 0.6) is 17.2 Å². The van der Waals surface area contributed by atoms with Gasteiger partial charge in [0, 0.05) is 11.5 Å². The Hall–Kier alpha value is -4.22. The molecule has 1 amide bonds. The number of aromatic nitrogens is 1. The Balaban J connectivity index is 1.83. The maximum Gasteiger partial charge on any atom is 0.416 e. The fourth-order valence-electron chi connectivity index (χ4n) is 3.65. The van der Waals surface area contributed by atoms with Gasteiger partial charge in [-0.15, -0.1) is 0 Å². The standard InChI is InChI=1S/C21H15F3N2O7/c22-21(23,24)10-3-1-9(2-4-10)14-8-26-17-12(5-11(27)6-13(17)33-14)18(30)16(20(26)32)19(31)25-7-15(28)29/h1-6,14,27,30H,7-8H2,(H,25,31)(H,28,29). The molecule has 2 aromatic carbocycles. The zero-order chi connectivity index (χ0) is 24.1. The molecule has 0 saturated heterocycles. The molecule has 1 atom stereocenters. The highest BCUT2D eigenvalue weighted by molar-refractivity contribution is 6.04. The summed E-state index contributed by atoms with van der Waals surface area (Å²) in [5.41, 5.74) is -2.22. The Bertz CT molecular complexity index is 1350. The number of halogens is 3. The van der Waals surface area contributed by atoms with Crippen LogP contribution in [-0.4, -0.2) is 38.3 Å². The van der Waals surface area contributed by atoms with E-state index >= 15 is 0 Å². The first-order valence-corrected chi connectivity index (χ1v) is 9.43. The van der Waals surface area contributed by atoms with Gasteiger partial charge < -0.3 is 25.4 Å². The predicted molar refractivity (Wildman–Crippen MR) is 106 cm³/mol. The lowest BCUT2D eigenvalue weighted by molar-refractivity contribution is -0.138. The Morgan fingerprint density at radius 2 is 1.82 bits per heavy atom. The van der Waals surface area contributed by atoms with Crippen molar-refractivity contribution in [1.29, 1.82) is 0 Å². The van der Waals surface area contributed by atoms with Crippen molar-refractivity contribution in [3.8, 4) is 17.2 Å². The summed E-state index contributed by atoms with van der Waals surface area (Å²) in [6.07, 6.45) is -5.50. The molecule has 1 unspecified atom stereocenters. The molecule has 9 nitrogen and oxygen atoms in total. The average molecular weight is 464 g/mol. The lowest BCUT2D eigenvalue weighted by Gasteiger charge is -2.29. The van der Waals surface area contributed by atoms with Gasteiger partial charge in [-0.1, -0.05) is 12.1 Å². The number of hydrogen-bond donors (Lipinski definition) is 4. The maximum absolute atomic E-state index is 13.1. The summed E-state index contributed by atoms with van der Waals surface area (Å²) in [6, 6.07) is 6.35. The van der Waals surface area contributed by atoms with E-state index in [0.29, 0.717) is 5.56 Å². The number of nitrogens with one attached hydrogen (secondary N) is 1. The normalized spacial score (nSPS) is 15.2. The molecule has 172 valence electrons. The fourth-order valence-corrected chi connectivity index (χ4v) is 3.65. The summed E-state index contributed by atoms with van der Waals surface area (Å²) < 4.78 is 45.5. The van der Waals surface area contributed by atoms with Crippen LogP contribution in [-0.2, 0) is 17.5 Å². The first-order valence-electron chi connectivity index (χ1n) is 9.43. The number of carboxylic acids is 1. The van der Waals surface area contributed by atoms with Crippen molar-refractivity contribution in [2.45, 2.75) is 18.8 Å². The van der Waals surface area contributed by atoms with Gasteiger partial charge in [-0.2, -0.15) is 13.2 Å². The van der Waals surface area contributed by atoms with Crippen LogP contribution in [0.1, 0.15) is 27.6 Å². The number of carboxylic acid groups (broad SMARTS) is 1. The van der Waals surface area contributed by atoms with E-state index in [1.165, 1.54) is 12.1 Å². The van der Waals surface area contributed by atoms with Crippen molar-refractivity contribution < 1.29 is 42.8 Å². The van der Waals surface area contributed by atoms with E-state index in [4.69, 9.17) is 9.84 Å². The average Bonchev–Trinajstić information content (AvgIpc) is 2.74. The molecule has 1 aromatic heterocycles. The molecule has 0 bridgehead atoms. The highest BCUT2D eigenvalue weighted by atomic mass is 19.4. The highest BCUT2D eigenvalue weighted by Crippen LogP contribution is 2.41. The van der Waals surface area contributed by atoms with Crippen LogP contribution in [0, 0.1) is 0 Å². The third kappa shape index (κ3) is 3.90. The largest absolute Gasteiger partial charge is 0.508 e. The van der Waals surface area contributed by atoms with Gasteiger partial charge in [0.25, 0.3) is 11.5 Å². The van der Waals surface area contributed by atoms with Crippen molar-refractivity contribution in [3.63, 3.8) is 0 Å². The third-order valence-corrected chi connectivity index (χ3v) is 5.14. The van der Waals surface area contributed by atoms with Gasteiger partial charge in [0.15, 0.2) is 0 Å². The van der Waals surface area contributed by atoms with E-state index in [1.54, 1.807) is 0 Å². The van der Waals surface area contributed by atoms with Crippen LogP contribution in [0.25, 0.3) is 10.9 Å². The number of nitrogens with zero attached hydrogens (tertiary/aromatic N) is 1. The molecule has 4 N–H and O–H groups in total. The minimum absolute atomic E-state index is 0.0361. The lowest BCUT2D eigenvalue weighted by Crippen LogP contribution is -2.38. The summed E-state index contributed by atoms with van der Waals surface area (Å²) in [4.78, 5) is 36.3. The molecule has 0 spiro atoms. The smallest absolute Gasteiger partial charge is 0.416 e. The van der Waals surface area contributed by atoms with E-state index in [0.717, 1.165) is 28.8 Å². The molecular formula is C21H15F3N2O7. The zero-order valence-corrected chi connectivity index (χ0v) is 16.5. The Morgan fingerprint density at radius 1 is 1.15 bits per heavy atom. The molecule has 1 aliphatic rings. The lowest BCUT2D eigenvalue weighted by atomic mass is 10.0. The molecule has 0 fully saturated rings. The number of aliphatic carboxylic acids is 1. The molecule has 0 aliphatic carbocycles. The molecular weight excluding hydrogens is 449 g/mol. The third-order valence-electron chi connectivity index (χ3n) is 5.14. The first-order chi connectivity index (χ1) is 15.5. The number of phenols is 1. The van der Waals surface area contributed by atoms with Gasteiger partial charge in [0.05, 0.1) is 17.6 Å². The fraction of sp³-hybridized carbons (Fsp3) is 0.190. The second-order valence-corrected chi connectivity index (χ2v) is 7.28. The van der Waals surface area contributed by atoms with Crippen LogP contribution in [0.15, 0.2) is 41.2 Å². The molecule has 1 aliphatic heterocycles. The highest BCUT2D eigenvalue weighted by Gasteiger charge is 2.33. The number of aromatic hydroxyl groups is 2. The number of hydrogen-bond acceptors (Lipinski definition) is 6. The van der Waals surface area contributed by atoms with E-state index in [9.17, 15) is 37.8 Å². The number of carbonyl (C=O) groups excluding carboxylic acids is 1. The van der Waals surface area contributed by atoms with Crippen LogP contribution in [0.2, 0.25) is 0 Å². The minimum Gasteiger partial charge on any atom is -0.508 e. The summed E-state index contributed by atoms with van der Waals surface area (Å²) in [5, 5.41) is 31.3. The number of alkyl halides is 3. The topological polar surface area (TPSA) is 138 Å². The number of amides is 1. The van der Waals surface area contributed by atoms with E-state index in [2.05, 4.69) is 0 Å². The van der Waals surface area contributed by atoms with E-state index < -0.39 is 53.1 Å². The van der Waals surface area contributed by atoms with Gasteiger partial charge in [0.2, 0.25) is 0 Å². The van der Waals surface area contributed by atoms with Gasteiger partial charge in [-0.3, -0.25) is 19.0 Å². The van der Waals surface area contributed by atoms with E-state index in [1.807, 2.05) is 5.32 Å². The van der Waals surface area contributed by atoms with Gasteiger partial charge in [-0.25, -0.2) is 0 Å². The monoisotopic (exact) mass is 464 g/mol. The number of ether oxygens (including phenoxy) is 1. The number of benzene rings is 2. The molecule has 3 aromatic rings. The SMILES string of the molecule is O=C(O)CNC(=O)c1c(O)c2cc(O)cc3c2n(c1=O)CC(c1ccc(C(F)(F)F)cc1)O3. The summed E-state index contributed by atoms with van der Waals surface area (Å²) in [7, 11) is 0. The Kier molecular flexibility index (Phi) is 5.15. The van der Waals surface area contributed by atoms with Gasteiger partial charge >= 0.3 is 12.1 Å². The zero-order valence-electron chi connectivity index (χ0n) is 16.5. The van der Waals surface area contributed by atoms with Crippen molar-refractivity contribution in [1.82, 2.24) is 9.88 Å². The maximum atomic E-state index is 13.1. The Labute approximate surface area is 182 Å². The number of pyridine rings is 1. The van der Waals surface area contributed by atoms with Crippen LogP contribution in [0.3, 0.4) is 0 Å². The van der Waals surface area contributed by atoms with Crippen molar-refractivity contribution >= 4 is 22.8 Å². The number of rotatable bonds is 4. The van der Waals surface area contributed by atoms with Crippen LogP contribution < -0.4 is 15.6 Å². The summed E-state index contributed by atoms with van der Waals surface area (Å²) in [6.45, 7) is -1.03.